The predicted octanol–water partition coefficient (Wildman–Crippen LogP) is 4.87. The second kappa shape index (κ2) is 8.39. The van der Waals surface area contributed by atoms with Crippen molar-refractivity contribution in [2.75, 3.05) is 11.9 Å². The van der Waals surface area contributed by atoms with E-state index < -0.39 is 5.56 Å². The van der Waals surface area contributed by atoms with E-state index in [9.17, 15) is 4.79 Å². The van der Waals surface area contributed by atoms with Crippen LogP contribution in [0.25, 0.3) is 5.69 Å². The van der Waals surface area contributed by atoms with E-state index >= 15 is 0 Å². The van der Waals surface area contributed by atoms with Crippen LogP contribution in [0, 0.1) is 0 Å². The molecule has 0 radical (unpaired) electrons. The number of rotatable bonds is 6. The third kappa shape index (κ3) is 4.20. The molecule has 0 spiro atoms. The second-order valence-electron chi connectivity index (χ2n) is 5.44. The Labute approximate surface area is 169 Å². The first-order chi connectivity index (χ1) is 12.5. The van der Waals surface area contributed by atoms with E-state index in [1.165, 1.54) is 11.1 Å². The summed E-state index contributed by atoms with van der Waals surface area (Å²) >= 11 is 19.7. The van der Waals surface area contributed by atoms with Crippen molar-refractivity contribution in [2.45, 2.75) is 19.8 Å². The number of nitrogens with zero attached hydrogens (tertiary/aromatic N) is 3. The minimum atomic E-state index is -0.494. The lowest BCUT2D eigenvalue weighted by Crippen LogP contribution is -2.21. The van der Waals surface area contributed by atoms with Gasteiger partial charge in [-0.25, -0.2) is 4.98 Å². The molecule has 5 nitrogen and oxygen atoms in total. The summed E-state index contributed by atoms with van der Waals surface area (Å²) in [6.45, 7) is 2.83. The Balaban J connectivity index is 1.71. The van der Waals surface area contributed by atoms with E-state index in [1.807, 2.05) is 6.20 Å². The zero-order valence-corrected chi connectivity index (χ0v) is 16.9. The van der Waals surface area contributed by atoms with Crippen molar-refractivity contribution in [3.8, 4) is 5.69 Å². The van der Waals surface area contributed by atoms with E-state index in [2.05, 4.69) is 22.3 Å². The number of nitrogens with one attached hydrogen (secondary N) is 1. The molecule has 26 heavy (non-hydrogen) atoms. The summed E-state index contributed by atoms with van der Waals surface area (Å²) in [5, 5.41) is 8.89. The van der Waals surface area contributed by atoms with E-state index in [0.29, 0.717) is 17.3 Å². The molecule has 1 N–H and O–H groups in total. The number of thiazole rings is 1. The van der Waals surface area contributed by atoms with Gasteiger partial charge in [0.2, 0.25) is 0 Å². The molecule has 3 aromatic rings. The first-order valence-corrected chi connectivity index (χ1v) is 9.85. The zero-order chi connectivity index (χ0) is 18.7. The summed E-state index contributed by atoms with van der Waals surface area (Å²) in [6.07, 6.45) is 5.06. The summed E-state index contributed by atoms with van der Waals surface area (Å²) in [6, 6.07) is 5.19. The quantitative estimate of drug-likeness (QED) is 0.607. The third-order valence-corrected chi connectivity index (χ3v) is 5.94. The van der Waals surface area contributed by atoms with Gasteiger partial charge in [0.05, 0.1) is 32.6 Å². The summed E-state index contributed by atoms with van der Waals surface area (Å²) in [5.74, 6) is 0. The molecule has 2 aromatic heterocycles. The smallest absolute Gasteiger partial charge is 0.291 e. The highest BCUT2D eigenvalue weighted by atomic mass is 35.5. The fraction of sp³-hybridized carbons (Fsp3) is 0.235. The van der Waals surface area contributed by atoms with Gasteiger partial charge in [-0.1, -0.05) is 41.7 Å². The minimum Gasteiger partial charge on any atom is -0.383 e. The number of benzene rings is 1. The number of hydrogen-bond donors (Lipinski definition) is 1. The standard InChI is InChI=1S/C17H15Cl3N4OS/c1-2-11-8-22-15(26-11)5-6-21-14-4-3-10(7-12(14)18)24-17(25)16(20)13(19)9-23-24/h3-4,7-9,21H,2,5-6H2,1H3. The van der Waals surface area contributed by atoms with E-state index in [0.717, 1.165) is 28.2 Å². The van der Waals surface area contributed by atoms with Gasteiger partial charge >= 0.3 is 0 Å². The Morgan fingerprint density at radius 3 is 2.69 bits per heavy atom. The molecule has 3 rings (SSSR count). The van der Waals surface area contributed by atoms with Crippen molar-refractivity contribution in [1.29, 1.82) is 0 Å². The largest absolute Gasteiger partial charge is 0.383 e. The van der Waals surface area contributed by atoms with Gasteiger partial charge in [0.15, 0.2) is 0 Å². The highest BCUT2D eigenvalue weighted by Crippen LogP contribution is 2.25. The van der Waals surface area contributed by atoms with E-state index in [-0.39, 0.29) is 10.0 Å². The molecule has 0 aliphatic heterocycles. The van der Waals surface area contributed by atoms with Crippen LogP contribution in [0.5, 0.6) is 0 Å². The van der Waals surface area contributed by atoms with Gasteiger partial charge < -0.3 is 5.32 Å². The van der Waals surface area contributed by atoms with Gasteiger partial charge in [-0.3, -0.25) is 4.79 Å². The monoisotopic (exact) mass is 428 g/mol. The fourth-order valence-corrected chi connectivity index (χ4v) is 3.66. The highest BCUT2D eigenvalue weighted by molar-refractivity contribution is 7.11. The van der Waals surface area contributed by atoms with Crippen LogP contribution in [-0.4, -0.2) is 21.3 Å². The van der Waals surface area contributed by atoms with Crippen molar-refractivity contribution < 1.29 is 0 Å². The van der Waals surface area contributed by atoms with Crippen LogP contribution in [-0.2, 0) is 12.8 Å². The van der Waals surface area contributed by atoms with Crippen LogP contribution in [0.3, 0.4) is 0 Å². The van der Waals surface area contributed by atoms with Crippen LogP contribution in [0.15, 0.2) is 35.4 Å². The molecule has 0 fully saturated rings. The van der Waals surface area contributed by atoms with Crippen LogP contribution < -0.4 is 10.9 Å². The van der Waals surface area contributed by atoms with Crippen molar-refractivity contribution >= 4 is 51.8 Å². The second-order valence-corrected chi connectivity index (χ2v) is 7.83. The van der Waals surface area contributed by atoms with Crippen LogP contribution >= 0.6 is 46.1 Å². The first kappa shape index (κ1) is 19.2. The minimum absolute atomic E-state index is 0.0742. The molecular weight excluding hydrogens is 415 g/mol. The molecular formula is C17H15Cl3N4OS. The SMILES string of the molecule is CCc1cnc(CCNc2ccc(-n3ncc(Cl)c(Cl)c3=O)cc2Cl)s1. The van der Waals surface area contributed by atoms with Gasteiger partial charge in [-0.15, -0.1) is 11.3 Å². The Morgan fingerprint density at radius 1 is 1.19 bits per heavy atom. The van der Waals surface area contributed by atoms with Crippen LogP contribution in [0.4, 0.5) is 5.69 Å². The summed E-state index contributed by atoms with van der Waals surface area (Å²) < 4.78 is 1.16. The Hall–Kier alpha value is -1.60. The Kier molecular flexibility index (Phi) is 6.19. The van der Waals surface area contributed by atoms with E-state index in [1.54, 1.807) is 29.5 Å². The molecule has 0 atom stereocenters. The lowest BCUT2D eigenvalue weighted by atomic mass is 10.2. The molecule has 2 heterocycles. The third-order valence-electron chi connectivity index (χ3n) is 3.68. The summed E-state index contributed by atoms with van der Waals surface area (Å²) in [5.41, 5.74) is 0.791. The molecule has 0 saturated carbocycles. The zero-order valence-electron chi connectivity index (χ0n) is 13.8. The van der Waals surface area contributed by atoms with Crippen molar-refractivity contribution in [3.63, 3.8) is 0 Å². The molecule has 0 saturated heterocycles. The maximum atomic E-state index is 12.2. The van der Waals surface area contributed by atoms with Crippen LogP contribution in [0.2, 0.25) is 15.1 Å². The Bertz CT molecular complexity index is 986. The molecule has 1 aromatic carbocycles. The normalized spacial score (nSPS) is 10.9. The van der Waals surface area contributed by atoms with Gasteiger partial charge in [-0.05, 0) is 24.6 Å². The number of halogens is 3. The van der Waals surface area contributed by atoms with E-state index in [4.69, 9.17) is 34.8 Å². The molecule has 0 aliphatic rings. The average molecular weight is 430 g/mol. The van der Waals surface area contributed by atoms with Crippen molar-refractivity contribution in [1.82, 2.24) is 14.8 Å². The molecule has 9 heteroatoms. The van der Waals surface area contributed by atoms with Gasteiger partial charge in [0, 0.05) is 24.0 Å². The number of aryl methyl sites for hydroxylation is 1. The highest BCUT2D eigenvalue weighted by Gasteiger charge is 2.11. The maximum absolute atomic E-state index is 12.2. The number of aromatic nitrogens is 3. The van der Waals surface area contributed by atoms with Gasteiger partial charge in [0.1, 0.15) is 5.02 Å². The summed E-state index contributed by atoms with van der Waals surface area (Å²) in [7, 11) is 0. The lowest BCUT2D eigenvalue weighted by molar-refractivity contribution is 0.807. The van der Waals surface area contributed by atoms with Crippen molar-refractivity contribution in [3.05, 3.63) is 65.9 Å². The predicted molar refractivity (Wildman–Crippen MR) is 109 cm³/mol. The fourth-order valence-electron chi connectivity index (χ4n) is 2.31. The molecule has 136 valence electrons. The maximum Gasteiger partial charge on any atom is 0.291 e. The number of hydrogen-bond acceptors (Lipinski definition) is 5. The average Bonchev–Trinajstić information content (AvgIpc) is 3.09. The van der Waals surface area contributed by atoms with Gasteiger partial charge in [0.25, 0.3) is 5.56 Å². The molecule has 0 unspecified atom stereocenters. The van der Waals surface area contributed by atoms with Crippen LogP contribution in [0.1, 0.15) is 16.8 Å². The number of anilines is 1. The van der Waals surface area contributed by atoms with Gasteiger partial charge in [-0.2, -0.15) is 9.78 Å². The molecule has 0 amide bonds. The molecule has 0 bridgehead atoms. The van der Waals surface area contributed by atoms with Crippen molar-refractivity contribution in [2.24, 2.45) is 0 Å². The first-order valence-electron chi connectivity index (χ1n) is 7.90. The topological polar surface area (TPSA) is 59.8 Å². The Morgan fingerprint density at radius 2 is 2.00 bits per heavy atom. The summed E-state index contributed by atoms with van der Waals surface area (Å²) in [4.78, 5) is 17.8. The molecule has 0 aliphatic carbocycles. The lowest BCUT2D eigenvalue weighted by Gasteiger charge is -2.10.